The number of rotatable bonds is 3. The molecule has 4 rings (SSSR count). The number of aryl methyl sites for hydroxylation is 1. The SMILES string of the molecule is Cc1nc([C@H]2Nc3ccccc3C(=O)N2C[C@H]2CCCO2)cs1. The second kappa shape index (κ2) is 5.94. The molecule has 23 heavy (non-hydrogen) atoms. The van der Waals surface area contributed by atoms with Crippen molar-refractivity contribution in [3.8, 4) is 0 Å². The van der Waals surface area contributed by atoms with Gasteiger partial charge in [-0.05, 0) is 31.9 Å². The maximum absolute atomic E-state index is 13.0. The lowest BCUT2D eigenvalue weighted by atomic mass is 10.1. The van der Waals surface area contributed by atoms with E-state index in [2.05, 4.69) is 10.3 Å². The second-order valence-electron chi connectivity index (χ2n) is 5.98. The molecule has 6 heteroatoms. The van der Waals surface area contributed by atoms with Crippen LogP contribution in [0.25, 0.3) is 0 Å². The summed E-state index contributed by atoms with van der Waals surface area (Å²) < 4.78 is 5.74. The number of anilines is 1. The fourth-order valence-corrected chi connectivity index (χ4v) is 3.86. The molecule has 1 N–H and O–H groups in total. The average Bonchev–Trinajstić information content (AvgIpc) is 3.21. The zero-order valence-electron chi connectivity index (χ0n) is 13.0. The van der Waals surface area contributed by atoms with Crippen LogP contribution >= 0.6 is 11.3 Å². The summed E-state index contributed by atoms with van der Waals surface area (Å²) in [7, 11) is 0. The number of ether oxygens (including phenoxy) is 1. The van der Waals surface area contributed by atoms with E-state index in [-0.39, 0.29) is 18.2 Å². The predicted molar refractivity (Wildman–Crippen MR) is 89.7 cm³/mol. The van der Waals surface area contributed by atoms with Crippen molar-refractivity contribution in [3.63, 3.8) is 0 Å². The monoisotopic (exact) mass is 329 g/mol. The Labute approximate surface area is 139 Å². The summed E-state index contributed by atoms with van der Waals surface area (Å²) in [5.74, 6) is 0.0468. The summed E-state index contributed by atoms with van der Waals surface area (Å²) in [6.07, 6.45) is 1.96. The number of carbonyl (C=O) groups excluding carboxylic acids is 1. The molecule has 2 aliphatic heterocycles. The number of nitrogens with zero attached hydrogens (tertiary/aromatic N) is 2. The Kier molecular flexibility index (Phi) is 3.79. The van der Waals surface area contributed by atoms with Crippen LogP contribution < -0.4 is 5.32 Å². The standard InChI is InChI=1S/C17H19N3O2S/c1-11-18-15(10-23-11)16-19-14-7-3-2-6-13(14)17(21)20(16)9-12-5-4-8-22-12/h2-3,6-7,10,12,16,19H,4-5,8-9H2,1H3/t12-,16+/m1/s1. The molecule has 0 unspecified atom stereocenters. The average molecular weight is 329 g/mol. The summed E-state index contributed by atoms with van der Waals surface area (Å²) >= 11 is 1.61. The van der Waals surface area contributed by atoms with E-state index >= 15 is 0 Å². The molecule has 0 spiro atoms. The molecule has 1 aromatic carbocycles. The van der Waals surface area contributed by atoms with Crippen LogP contribution in [0.3, 0.4) is 0 Å². The number of amides is 1. The maximum Gasteiger partial charge on any atom is 0.257 e. The predicted octanol–water partition coefficient (Wildman–Crippen LogP) is 3.20. The normalized spacial score (nSPS) is 23.7. The van der Waals surface area contributed by atoms with Crippen LogP contribution in [0.5, 0.6) is 0 Å². The van der Waals surface area contributed by atoms with Gasteiger partial charge in [0.2, 0.25) is 0 Å². The Balaban J connectivity index is 1.70. The number of benzene rings is 1. The van der Waals surface area contributed by atoms with Gasteiger partial charge in [0.1, 0.15) is 6.17 Å². The van der Waals surface area contributed by atoms with Crippen molar-refractivity contribution < 1.29 is 9.53 Å². The smallest absolute Gasteiger partial charge is 0.257 e. The van der Waals surface area contributed by atoms with Crippen molar-refractivity contribution in [1.29, 1.82) is 0 Å². The highest BCUT2D eigenvalue weighted by Gasteiger charge is 2.36. The Hall–Kier alpha value is -1.92. The van der Waals surface area contributed by atoms with Gasteiger partial charge < -0.3 is 15.0 Å². The molecule has 0 bridgehead atoms. The van der Waals surface area contributed by atoms with Gasteiger partial charge in [-0.2, -0.15) is 0 Å². The number of thiazole rings is 1. The number of hydrogen-bond acceptors (Lipinski definition) is 5. The summed E-state index contributed by atoms with van der Waals surface area (Å²) in [5.41, 5.74) is 2.48. The molecular weight excluding hydrogens is 310 g/mol. The molecule has 1 aromatic heterocycles. The van der Waals surface area contributed by atoms with Gasteiger partial charge >= 0.3 is 0 Å². The summed E-state index contributed by atoms with van der Waals surface area (Å²) in [4.78, 5) is 19.5. The molecular formula is C17H19N3O2S. The van der Waals surface area contributed by atoms with Crippen LogP contribution in [0.4, 0.5) is 5.69 Å². The van der Waals surface area contributed by atoms with E-state index in [0.717, 1.165) is 35.8 Å². The van der Waals surface area contributed by atoms with Gasteiger partial charge in [-0.15, -0.1) is 11.3 Å². The number of carbonyl (C=O) groups is 1. The van der Waals surface area contributed by atoms with Gasteiger partial charge in [-0.25, -0.2) is 4.98 Å². The van der Waals surface area contributed by atoms with Gasteiger partial charge in [-0.1, -0.05) is 12.1 Å². The van der Waals surface area contributed by atoms with Crippen molar-refractivity contribution >= 4 is 22.9 Å². The first kappa shape index (κ1) is 14.7. The highest BCUT2D eigenvalue weighted by atomic mass is 32.1. The molecule has 0 saturated carbocycles. The summed E-state index contributed by atoms with van der Waals surface area (Å²) in [6, 6.07) is 7.66. The number of aromatic nitrogens is 1. The van der Waals surface area contributed by atoms with Gasteiger partial charge in [-0.3, -0.25) is 4.79 Å². The lowest BCUT2D eigenvalue weighted by Gasteiger charge is -2.38. The van der Waals surface area contributed by atoms with E-state index in [0.29, 0.717) is 12.1 Å². The number of hydrogen-bond donors (Lipinski definition) is 1. The van der Waals surface area contributed by atoms with Gasteiger partial charge in [0.15, 0.2) is 0 Å². The Morgan fingerprint density at radius 2 is 2.30 bits per heavy atom. The first-order valence-corrected chi connectivity index (χ1v) is 8.80. The molecule has 0 aliphatic carbocycles. The zero-order chi connectivity index (χ0) is 15.8. The molecule has 1 fully saturated rings. The van der Waals surface area contributed by atoms with Crippen molar-refractivity contribution in [1.82, 2.24) is 9.88 Å². The maximum atomic E-state index is 13.0. The molecule has 1 amide bonds. The minimum absolute atomic E-state index is 0.0468. The van der Waals surface area contributed by atoms with Crippen LogP contribution in [0.1, 0.15) is 40.1 Å². The largest absolute Gasteiger partial charge is 0.376 e. The topological polar surface area (TPSA) is 54.5 Å². The minimum atomic E-state index is -0.230. The molecule has 120 valence electrons. The second-order valence-corrected chi connectivity index (χ2v) is 7.04. The Bertz CT molecular complexity index is 724. The molecule has 1 saturated heterocycles. The lowest BCUT2D eigenvalue weighted by Crippen LogP contribution is -2.46. The molecule has 3 heterocycles. The number of para-hydroxylation sites is 1. The van der Waals surface area contributed by atoms with Gasteiger partial charge in [0, 0.05) is 24.2 Å². The first-order valence-electron chi connectivity index (χ1n) is 7.92. The van der Waals surface area contributed by atoms with Gasteiger partial charge in [0.05, 0.1) is 22.4 Å². The van der Waals surface area contributed by atoms with Crippen molar-refractivity contribution in [2.24, 2.45) is 0 Å². The highest BCUT2D eigenvalue weighted by Crippen LogP contribution is 2.34. The third-order valence-corrected chi connectivity index (χ3v) is 5.16. The summed E-state index contributed by atoms with van der Waals surface area (Å²) in [5, 5.41) is 6.50. The van der Waals surface area contributed by atoms with E-state index in [1.807, 2.05) is 41.5 Å². The first-order chi connectivity index (χ1) is 11.2. The molecule has 2 atom stereocenters. The third-order valence-electron chi connectivity index (χ3n) is 4.36. The van der Waals surface area contributed by atoms with Crippen LogP contribution in [0.15, 0.2) is 29.6 Å². The van der Waals surface area contributed by atoms with Crippen LogP contribution in [0.2, 0.25) is 0 Å². The molecule has 2 aromatic rings. The summed E-state index contributed by atoms with van der Waals surface area (Å²) in [6.45, 7) is 3.37. The van der Waals surface area contributed by atoms with Crippen molar-refractivity contribution in [2.75, 3.05) is 18.5 Å². The van der Waals surface area contributed by atoms with E-state index in [1.54, 1.807) is 11.3 Å². The van der Waals surface area contributed by atoms with Crippen molar-refractivity contribution in [2.45, 2.75) is 32.0 Å². The van der Waals surface area contributed by atoms with Crippen LogP contribution in [-0.2, 0) is 4.74 Å². The van der Waals surface area contributed by atoms with Crippen LogP contribution in [-0.4, -0.2) is 35.0 Å². The number of fused-ring (bicyclic) bond motifs is 1. The zero-order valence-corrected chi connectivity index (χ0v) is 13.8. The minimum Gasteiger partial charge on any atom is -0.376 e. The quantitative estimate of drug-likeness (QED) is 0.939. The van der Waals surface area contributed by atoms with E-state index < -0.39 is 0 Å². The van der Waals surface area contributed by atoms with E-state index in [4.69, 9.17) is 4.74 Å². The fraction of sp³-hybridized carbons (Fsp3) is 0.412. The molecule has 5 nitrogen and oxygen atoms in total. The Morgan fingerprint density at radius 1 is 1.43 bits per heavy atom. The third kappa shape index (κ3) is 2.72. The highest BCUT2D eigenvalue weighted by molar-refractivity contribution is 7.09. The number of nitrogens with one attached hydrogen (secondary N) is 1. The lowest BCUT2D eigenvalue weighted by molar-refractivity contribution is 0.0423. The van der Waals surface area contributed by atoms with E-state index in [1.165, 1.54) is 0 Å². The Morgan fingerprint density at radius 3 is 3.04 bits per heavy atom. The van der Waals surface area contributed by atoms with E-state index in [9.17, 15) is 4.79 Å². The van der Waals surface area contributed by atoms with Crippen molar-refractivity contribution in [3.05, 3.63) is 45.9 Å². The van der Waals surface area contributed by atoms with Crippen LogP contribution in [0, 0.1) is 6.92 Å². The molecule has 2 aliphatic rings. The van der Waals surface area contributed by atoms with Gasteiger partial charge in [0.25, 0.3) is 5.91 Å². The molecule has 0 radical (unpaired) electrons. The fourth-order valence-electron chi connectivity index (χ4n) is 3.23.